The molecule has 0 spiro atoms. The number of nitrogens with one attached hydrogen (secondary N) is 1. The maximum atomic E-state index is 11.9. The normalized spacial score (nSPS) is 18.9. The van der Waals surface area contributed by atoms with Crippen molar-refractivity contribution in [1.29, 1.82) is 0 Å². The van der Waals surface area contributed by atoms with Gasteiger partial charge in [-0.3, -0.25) is 9.69 Å². The van der Waals surface area contributed by atoms with E-state index in [4.69, 9.17) is 0 Å². The first-order valence-electron chi connectivity index (χ1n) is 5.89. The molecule has 0 bridgehead atoms. The molecule has 0 aromatic heterocycles. The van der Waals surface area contributed by atoms with Gasteiger partial charge in [-0.1, -0.05) is 28.1 Å². The average molecular weight is 297 g/mol. The van der Waals surface area contributed by atoms with Gasteiger partial charge in [-0.25, -0.2) is 0 Å². The number of piperazine rings is 1. The summed E-state index contributed by atoms with van der Waals surface area (Å²) in [7, 11) is 0. The van der Waals surface area contributed by atoms with Crippen LogP contribution in [0.3, 0.4) is 0 Å². The molecule has 0 aliphatic carbocycles. The third-order valence-electron chi connectivity index (χ3n) is 3.09. The minimum Gasteiger partial charge on any atom is -0.314 e. The van der Waals surface area contributed by atoms with Crippen molar-refractivity contribution in [1.82, 2.24) is 10.2 Å². The van der Waals surface area contributed by atoms with Crippen molar-refractivity contribution in [2.24, 2.45) is 0 Å². The van der Waals surface area contributed by atoms with Gasteiger partial charge < -0.3 is 5.32 Å². The second-order valence-electron chi connectivity index (χ2n) is 4.35. The Bertz CT molecular complexity index is 385. The molecule has 1 fully saturated rings. The molecule has 3 nitrogen and oxygen atoms in total. The van der Waals surface area contributed by atoms with E-state index >= 15 is 0 Å². The molecule has 92 valence electrons. The monoisotopic (exact) mass is 296 g/mol. The highest BCUT2D eigenvalue weighted by Crippen LogP contribution is 2.23. The van der Waals surface area contributed by atoms with Crippen LogP contribution < -0.4 is 5.32 Å². The highest BCUT2D eigenvalue weighted by molar-refractivity contribution is 9.10. The number of hydrogen-bond acceptors (Lipinski definition) is 3. The molecule has 1 saturated heterocycles. The molecule has 1 aliphatic rings. The van der Waals surface area contributed by atoms with E-state index in [9.17, 15) is 4.79 Å². The number of Topliss-reactive ketones (excluding diaryl/α,β-unsaturated/α-hetero) is 1. The highest BCUT2D eigenvalue weighted by Gasteiger charge is 2.25. The number of nitrogens with zero attached hydrogens (tertiary/aromatic N) is 1. The Hall–Kier alpha value is -0.710. The molecule has 2 rings (SSSR count). The van der Waals surface area contributed by atoms with Gasteiger partial charge in [0, 0.05) is 30.7 Å². The van der Waals surface area contributed by atoms with Crippen molar-refractivity contribution in [2.75, 3.05) is 26.2 Å². The van der Waals surface area contributed by atoms with Crippen LogP contribution in [-0.4, -0.2) is 36.9 Å². The van der Waals surface area contributed by atoms with Crippen LogP contribution in [-0.2, 0) is 4.79 Å². The van der Waals surface area contributed by atoms with E-state index in [1.54, 1.807) is 6.92 Å². The van der Waals surface area contributed by atoms with Crippen LogP contribution in [0.15, 0.2) is 28.7 Å². The second kappa shape index (κ2) is 5.76. The number of rotatable bonds is 3. The summed E-state index contributed by atoms with van der Waals surface area (Å²) in [5, 5.41) is 3.31. The Morgan fingerprint density at radius 1 is 1.29 bits per heavy atom. The van der Waals surface area contributed by atoms with Crippen LogP contribution in [0.5, 0.6) is 0 Å². The Morgan fingerprint density at radius 3 is 2.41 bits per heavy atom. The largest absolute Gasteiger partial charge is 0.314 e. The van der Waals surface area contributed by atoms with Gasteiger partial charge in [0.15, 0.2) is 5.78 Å². The summed E-state index contributed by atoms with van der Waals surface area (Å²) in [6, 6.07) is 7.95. The first-order chi connectivity index (χ1) is 8.18. The highest BCUT2D eigenvalue weighted by atomic mass is 79.9. The zero-order valence-corrected chi connectivity index (χ0v) is 11.5. The average Bonchev–Trinajstić information content (AvgIpc) is 2.33. The van der Waals surface area contributed by atoms with Crippen LogP contribution in [0.1, 0.15) is 18.5 Å². The molecule has 0 saturated carbocycles. The zero-order valence-electron chi connectivity index (χ0n) is 9.95. The lowest BCUT2D eigenvalue weighted by Gasteiger charge is -2.33. The lowest BCUT2D eigenvalue weighted by molar-refractivity contribution is -0.122. The summed E-state index contributed by atoms with van der Waals surface area (Å²) in [4.78, 5) is 14.1. The third-order valence-corrected chi connectivity index (χ3v) is 3.62. The summed E-state index contributed by atoms with van der Waals surface area (Å²) in [6.07, 6.45) is 0. The second-order valence-corrected chi connectivity index (χ2v) is 5.27. The van der Waals surface area contributed by atoms with E-state index in [-0.39, 0.29) is 11.8 Å². The maximum Gasteiger partial charge on any atom is 0.151 e. The van der Waals surface area contributed by atoms with Gasteiger partial charge in [0.2, 0.25) is 0 Å². The molecule has 1 aromatic carbocycles. The van der Waals surface area contributed by atoms with Gasteiger partial charge in [-0.15, -0.1) is 0 Å². The fourth-order valence-electron chi connectivity index (χ4n) is 2.29. The lowest BCUT2D eigenvalue weighted by Crippen LogP contribution is -2.46. The SMILES string of the molecule is CC(=O)C(c1ccc(Br)cc1)N1CCNCC1. The van der Waals surface area contributed by atoms with Crippen molar-refractivity contribution >= 4 is 21.7 Å². The molecular weight excluding hydrogens is 280 g/mol. The standard InChI is InChI=1S/C13H17BrN2O/c1-10(17)13(16-8-6-15-7-9-16)11-2-4-12(14)5-3-11/h2-5,13,15H,6-9H2,1H3. The first kappa shape index (κ1) is 12.7. The van der Waals surface area contributed by atoms with Gasteiger partial charge in [0.25, 0.3) is 0 Å². The zero-order chi connectivity index (χ0) is 12.3. The Balaban J connectivity index is 2.21. The molecule has 1 atom stereocenters. The Labute approximate surface area is 110 Å². The van der Waals surface area contributed by atoms with Crippen molar-refractivity contribution in [3.05, 3.63) is 34.3 Å². The number of carbonyl (C=O) groups is 1. The molecule has 0 amide bonds. The van der Waals surface area contributed by atoms with Gasteiger partial charge in [0.1, 0.15) is 0 Å². The summed E-state index contributed by atoms with van der Waals surface area (Å²) < 4.78 is 1.05. The van der Waals surface area contributed by atoms with Crippen LogP contribution in [0.2, 0.25) is 0 Å². The van der Waals surface area contributed by atoms with E-state index in [1.165, 1.54) is 0 Å². The number of benzene rings is 1. The quantitative estimate of drug-likeness (QED) is 0.926. The van der Waals surface area contributed by atoms with Crippen LogP contribution >= 0.6 is 15.9 Å². The molecule has 1 unspecified atom stereocenters. The first-order valence-corrected chi connectivity index (χ1v) is 6.68. The number of halogens is 1. The molecule has 1 N–H and O–H groups in total. The fraction of sp³-hybridized carbons (Fsp3) is 0.462. The molecule has 1 aliphatic heterocycles. The topological polar surface area (TPSA) is 32.3 Å². The molecule has 1 aromatic rings. The minimum atomic E-state index is -0.0924. The molecule has 0 radical (unpaired) electrons. The van der Waals surface area contributed by atoms with Crippen LogP contribution in [0.4, 0.5) is 0 Å². The predicted molar refractivity (Wildman–Crippen MR) is 72.0 cm³/mol. The summed E-state index contributed by atoms with van der Waals surface area (Å²) in [5.74, 6) is 0.217. The predicted octanol–water partition coefficient (Wildman–Crippen LogP) is 1.98. The molecule has 4 heteroatoms. The molecule has 1 heterocycles. The van der Waals surface area contributed by atoms with Gasteiger partial charge in [-0.2, -0.15) is 0 Å². The maximum absolute atomic E-state index is 11.9. The van der Waals surface area contributed by atoms with Crippen molar-refractivity contribution in [3.8, 4) is 0 Å². The van der Waals surface area contributed by atoms with Crippen LogP contribution in [0.25, 0.3) is 0 Å². The molecular formula is C13H17BrN2O. The van der Waals surface area contributed by atoms with E-state index in [0.29, 0.717) is 0 Å². The summed E-state index contributed by atoms with van der Waals surface area (Å²) in [5.41, 5.74) is 1.09. The van der Waals surface area contributed by atoms with Crippen LogP contribution in [0, 0.1) is 0 Å². The number of carbonyl (C=O) groups excluding carboxylic acids is 1. The van der Waals surface area contributed by atoms with Crippen molar-refractivity contribution in [2.45, 2.75) is 13.0 Å². The van der Waals surface area contributed by atoms with E-state index < -0.39 is 0 Å². The van der Waals surface area contributed by atoms with Crippen molar-refractivity contribution in [3.63, 3.8) is 0 Å². The smallest absolute Gasteiger partial charge is 0.151 e. The molecule has 17 heavy (non-hydrogen) atoms. The summed E-state index contributed by atoms with van der Waals surface area (Å²) >= 11 is 3.42. The van der Waals surface area contributed by atoms with E-state index in [1.807, 2.05) is 24.3 Å². The minimum absolute atomic E-state index is 0.0924. The van der Waals surface area contributed by atoms with E-state index in [0.717, 1.165) is 36.2 Å². The van der Waals surface area contributed by atoms with Gasteiger partial charge in [-0.05, 0) is 24.6 Å². The fourth-order valence-corrected chi connectivity index (χ4v) is 2.55. The van der Waals surface area contributed by atoms with Gasteiger partial charge in [0.05, 0.1) is 6.04 Å². The Kier molecular flexibility index (Phi) is 4.31. The Morgan fingerprint density at radius 2 is 1.88 bits per heavy atom. The van der Waals surface area contributed by atoms with Crippen molar-refractivity contribution < 1.29 is 4.79 Å². The lowest BCUT2D eigenvalue weighted by atomic mass is 10.0. The third kappa shape index (κ3) is 3.15. The number of hydrogen-bond donors (Lipinski definition) is 1. The number of ketones is 1. The van der Waals surface area contributed by atoms with Gasteiger partial charge >= 0.3 is 0 Å². The van der Waals surface area contributed by atoms with E-state index in [2.05, 4.69) is 26.1 Å². The summed E-state index contributed by atoms with van der Waals surface area (Å²) in [6.45, 7) is 5.45.